The van der Waals surface area contributed by atoms with Gasteiger partial charge in [0.15, 0.2) is 5.82 Å². The second-order valence-corrected chi connectivity index (χ2v) is 8.68. The van der Waals surface area contributed by atoms with Crippen molar-refractivity contribution in [2.24, 2.45) is 7.05 Å². The van der Waals surface area contributed by atoms with Gasteiger partial charge >= 0.3 is 6.09 Å². The number of ether oxygens (including phenoxy) is 2. The molecule has 10 nitrogen and oxygen atoms in total. The van der Waals surface area contributed by atoms with E-state index in [1.54, 1.807) is 17.9 Å². The third-order valence-electron chi connectivity index (χ3n) is 4.85. The van der Waals surface area contributed by atoms with Gasteiger partial charge in [0.25, 0.3) is 0 Å². The maximum atomic E-state index is 12.4. The second kappa shape index (κ2) is 8.76. The van der Waals surface area contributed by atoms with Gasteiger partial charge in [0, 0.05) is 42.0 Å². The van der Waals surface area contributed by atoms with E-state index in [0.717, 1.165) is 25.0 Å². The number of aryl methyl sites for hydroxylation is 1. The molecule has 0 bridgehead atoms. The molecule has 1 aliphatic rings. The molecule has 30 heavy (non-hydrogen) atoms. The largest absolute Gasteiger partial charge is 0.480 e. The zero-order chi connectivity index (χ0) is 21.9. The van der Waals surface area contributed by atoms with Crippen LogP contribution in [0.2, 0.25) is 0 Å². The summed E-state index contributed by atoms with van der Waals surface area (Å²) in [6, 6.07) is 1.83. The topological polar surface area (TPSA) is 123 Å². The minimum Gasteiger partial charge on any atom is -0.480 e. The van der Waals surface area contributed by atoms with Crippen molar-refractivity contribution in [2.75, 3.05) is 12.4 Å². The first-order valence-corrected chi connectivity index (χ1v) is 10.0. The summed E-state index contributed by atoms with van der Waals surface area (Å²) in [5, 5.41) is 16.9. The van der Waals surface area contributed by atoms with E-state index in [-0.39, 0.29) is 29.9 Å². The number of methoxy groups -OCH3 is 1. The van der Waals surface area contributed by atoms with Crippen LogP contribution >= 0.6 is 0 Å². The normalized spacial score (nSPS) is 18.8. The summed E-state index contributed by atoms with van der Waals surface area (Å²) in [4.78, 5) is 24.3. The number of hydrogen-bond donors (Lipinski definition) is 3. The lowest BCUT2D eigenvalue weighted by Crippen LogP contribution is -2.42. The predicted molar refractivity (Wildman–Crippen MR) is 110 cm³/mol. The SMILES string of the molecule is COc1nn(C)cc1CC(=O)Nc1cc(C2CCC(OC(=O)NC(C)(C)C)C2)[nH]n1. The Labute approximate surface area is 175 Å². The van der Waals surface area contributed by atoms with Gasteiger partial charge in [-0.1, -0.05) is 0 Å². The third-order valence-corrected chi connectivity index (χ3v) is 4.85. The van der Waals surface area contributed by atoms with E-state index in [9.17, 15) is 9.59 Å². The summed E-state index contributed by atoms with van der Waals surface area (Å²) in [6.07, 6.45) is 3.78. The highest BCUT2D eigenvalue weighted by atomic mass is 16.6. The van der Waals surface area contributed by atoms with Gasteiger partial charge in [-0.15, -0.1) is 5.10 Å². The average molecular weight is 418 g/mol. The molecule has 2 unspecified atom stereocenters. The van der Waals surface area contributed by atoms with Gasteiger partial charge in [-0.25, -0.2) is 4.79 Å². The molecule has 1 fully saturated rings. The van der Waals surface area contributed by atoms with Crippen molar-refractivity contribution in [3.63, 3.8) is 0 Å². The van der Waals surface area contributed by atoms with Crippen LogP contribution < -0.4 is 15.4 Å². The Balaban J connectivity index is 1.51. The molecule has 0 aliphatic heterocycles. The smallest absolute Gasteiger partial charge is 0.407 e. The Kier molecular flexibility index (Phi) is 6.33. The average Bonchev–Trinajstić information content (AvgIpc) is 3.33. The number of aromatic nitrogens is 4. The number of nitrogens with one attached hydrogen (secondary N) is 3. The molecule has 3 rings (SSSR count). The molecule has 2 aromatic heterocycles. The molecule has 0 saturated heterocycles. The molecule has 1 saturated carbocycles. The fourth-order valence-electron chi connectivity index (χ4n) is 3.60. The maximum Gasteiger partial charge on any atom is 0.407 e. The first-order valence-electron chi connectivity index (χ1n) is 10.0. The summed E-state index contributed by atoms with van der Waals surface area (Å²) >= 11 is 0. The quantitative estimate of drug-likeness (QED) is 0.662. The molecule has 10 heteroatoms. The van der Waals surface area contributed by atoms with E-state index < -0.39 is 6.09 Å². The van der Waals surface area contributed by atoms with Crippen LogP contribution in [0.1, 0.15) is 57.2 Å². The van der Waals surface area contributed by atoms with Crippen molar-refractivity contribution < 1.29 is 19.1 Å². The third kappa shape index (κ3) is 5.74. The molecular weight excluding hydrogens is 388 g/mol. The van der Waals surface area contributed by atoms with Crippen LogP contribution in [0.3, 0.4) is 0 Å². The van der Waals surface area contributed by atoms with Crippen molar-refractivity contribution in [3.05, 3.63) is 23.5 Å². The van der Waals surface area contributed by atoms with Gasteiger partial charge in [-0.05, 0) is 40.0 Å². The number of nitrogens with zero attached hydrogens (tertiary/aromatic N) is 3. The van der Waals surface area contributed by atoms with Gasteiger partial charge in [0.05, 0.1) is 13.5 Å². The minimum absolute atomic E-state index is 0.128. The number of aromatic amines is 1. The molecule has 0 aromatic carbocycles. The molecule has 2 heterocycles. The number of H-pyrrole nitrogens is 1. The Morgan fingerprint density at radius 2 is 2.10 bits per heavy atom. The maximum absolute atomic E-state index is 12.4. The minimum atomic E-state index is -0.392. The fraction of sp³-hybridized carbons (Fsp3) is 0.600. The van der Waals surface area contributed by atoms with Crippen molar-refractivity contribution in [1.82, 2.24) is 25.3 Å². The molecule has 2 atom stereocenters. The van der Waals surface area contributed by atoms with Crippen LogP contribution in [-0.4, -0.2) is 50.7 Å². The van der Waals surface area contributed by atoms with E-state index in [0.29, 0.717) is 17.3 Å². The van der Waals surface area contributed by atoms with Crippen molar-refractivity contribution in [3.8, 4) is 5.88 Å². The molecule has 2 aromatic rings. The Morgan fingerprint density at radius 1 is 1.33 bits per heavy atom. The second-order valence-electron chi connectivity index (χ2n) is 8.68. The van der Waals surface area contributed by atoms with E-state index in [1.807, 2.05) is 26.8 Å². The monoisotopic (exact) mass is 418 g/mol. The van der Waals surface area contributed by atoms with Crippen LogP contribution in [0.4, 0.5) is 10.6 Å². The molecule has 0 spiro atoms. The van der Waals surface area contributed by atoms with Crippen molar-refractivity contribution in [1.29, 1.82) is 0 Å². The zero-order valence-electron chi connectivity index (χ0n) is 18.1. The van der Waals surface area contributed by atoms with Gasteiger partial charge < -0.3 is 20.1 Å². The van der Waals surface area contributed by atoms with Crippen molar-refractivity contribution >= 4 is 17.8 Å². The van der Waals surface area contributed by atoms with E-state index >= 15 is 0 Å². The summed E-state index contributed by atoms with van der Waals surface area (Å²) in [5.41, 5.74) is 1.30. The highest BCUT2D eigenvalue weighted by Crippen LogP contribution is 2.35. The van der Waals surface area contributed by atoms with Crippen LogP contribution in [0.25, 0.3) is 0 Å². The molecule has 3 N–H and O–H groups in total. The number of alkyl carbamates (subject to hydrolysis) is 1. The summed E-state index contributed by atoms with van der Waals surface area (Å²) < 4.78 is 12.3. The summed E-state index contributed by atoms with van der Waals surface area (Å²) in [5.74, 6) is 0.899. The Bertz CT molecular complexity index is 897. The van der Waals surface area contributed by atoms with Crippen LogP contribution in [-0.2, 0) is 23.0 Å². The molecule has 164 valence electrons. The highest BCUT2D eigenvalue weighted by Gasteiger charge is 2.30. The Hall–Kier alpha value is -3.04. The summed E-state index contributed by atoms with van der Waals surface area (Å²) in [7, 11) is 3.30. The predicted octanol–water partition coefficient (Wildman–Crippen LogP) is 2.49. The van der Waals surface area contributed by atoms with E-state index in [2.05, 4.69) is 25.9 Å². The van der Waals surface area contributed by atoms with Crippen LogP contribution in [0, 0.1) is 0 Å². The number of anilines is 1. The number of carbonyl (C=O) groups excluding carboxylic acids is 2. The van der Waals surface area contributed by atoms with Gasteiger partial charge in [0.1, 0.15) is 6.10 Å². The van der Waals surface area contributed by atoms with Crippen LogP contribution in [0.15, 0.2) is 12.3 Å². The Morgan fingerprint density at radius 3 is 2.80 bits per heavy atom. The van der Waals surface area contributed by atoms with E-state index in [4.69, 9.17) is 9.47 Å². The highest BCUT2D eigenvalue weighted by molar-refractivity contribution is 5.91. The number of rotatable bonds is 6. The van der Waals surface area contributed by atoms with Gasteiger partial charge in [-0.3, -0.25) is 14.6 Å². The van der Waals surface area contributed by atoms with Crippen molar-refractivity contribution in [2.45, 2.75) is 64.0 Å². The van der Waals surface area contributed by atoms with E-state index in [1.165, 1.54) is 7.11 Å². The lowest BCUT2D eigenvalue weighted by Gasteiger charge is -2.22. The number of carbonyl (C=O) groups is 2. The first kappa shape index (κ1) is 21.7. The van der Waals surface area contributed by atoms with Gasteiger partial charge in [-0.2, -0.15) is 5.10 Å². The standard InChI is InChI=1S/C20H30N6O4/c1-20(2,3)22-19(28)30-14-7-6-12(8-14)15-10-16(24-23-15)21-17(27)9-13-11-26(4)25-18(13)29-5/h10-12,14H,6-9H2,1-5H3,(H,22,28)(H2,21,23,24,27). The molecular formula is C20H30N6O4. The zero-order valence-corrected chi connectivity index (χ0v) is 18.1. The summed E-state index contributed by atoms with van der Waals surface area (Å²) in [6.45, 7) is 5.74. The van der Waals surface area contributed by atoms with Crippen LogP contribution in [0.5, 0.6) is 5.88 Å². The molecule has 2 amide bonds. The lowest BCUT2D eigenvalue weighted by atomic mass is 10.0. The lowest BCUT2D eigenvalue weighted by molar-refractivity contribution is -0.115. The number of hydrogen-bond acceptors (Lipinski definition) is 6. The first-order chi connectivity index (χ1) is 14.1. The fourth-order valence-corrected chi connectivity index (χ4v) is 3.60. The van der Waals surface area contributed by atoms with Gasteiger partial charge in [0.2, 0.25) is 11.8 Å². The number of amides is 2. The molecule has 1 aliphatic carbocycles. The molecule has 0 radical (unpaired) electrons.